The molecule has 0 spiro atoms. The third-order valence-electron chi connectivity index (χ3n) is 4.73. The van der Waals surface area contributed by atoms with E-state index in [-0.39, 0.29) is 5.91 Å². The third-order valence-corrected chi connectivity index (χ3v) is 5.83. The van der Waals surface area contributed by atoms with E-state index in [0.29, 0.717) is 0 Å². The van der Waals surface area contributed by atoms with E-state index in [0.717, 1.165) is 48.8 Å². The lowest BCUT2D eigenvalue weighted by atomic mass is 10.1. The summed E-state index contributed by atoms with van der Waals surface area (Å²) in [5.74, 6) is 0.131. The Morgan fingerprint density at radius 3 is 2.44 bits per heavy atom. The first-order chi connectivity index (χ1) is 12.2. The molecule has 1 amide bonds. The minimum absolute atomic E-state index is 0.131. The molecule has 0 saturated carbocycles. The van der Waals surface area contributed by atoms with E-state index in [1.54, 1.807) is 11.3 Å². The molecule has 0 radical (unpaired) electrons. The molecule has 1 fully saturated rings. The van der Waals surface area contributed by atoms with Crippen molar-refractivity contribution in [3.8, 4) is 0 Å². The monoisotopic (exact) mass is 351 g/mol. The molecule has 2 heterocycles. The Bertz CT molecular complexity index is 846. The molecule has 1 saturated heterocycles. The van der Waals surface area contributed by atoms with Gasteiger partial charge in [-0.2, -0.15) is 0 Å². The summed E-state index contributed by atoms with van der Waals surface area (Å²) in [6.07, 6.45) is 0.995. The zero-order valence-corrected chi connectivity index (χ0v) is 15.1. The molecule has 4 nitrogen and oxygen atoms in total. The number of benzene rings is 2. The van der Waals surface area contributed by atoms with Crippen LogP contribution in [0.2, 0.25) is 0 Å². The van der Waals surface area contributed by atoms with E-state index in [1.807, 2.05) is 41.3 Å². The fourth-order valence-corrected chi connectivity index (χ4v) is 4.18. The molecule has 0 atom stereocenters. The van der Waals surface area contributed by atoms with Gasteiger partial charge in [-0.1, -0.05) is 42.5 Å². The van der Waals surface area contributed by atoms with Gasteiger partial charge in [0.15, 0.2) is 5.13 Å². The van der Waals surface area contributed by atoms with Crippen LogP contribution in [-0.4, -0.2) is 42.0 Å². The van der Waals surface area contributed by atoms with E-state index >= 15 is 0 Å². The summed E-state index contributed by atoms with van der Waals surface area (Å²) >= 11 is 1.73. The van der Waals surface area contributed by atoms with Crippen LogP contribution in [0.4, 0.5) is 5.13 Å². The Balaban J connectivity index is 1.42. The first-order valence-electron chi connectivity index (χ1n) is 8.73. The molecule has 1 aliphatic heterocycles. The average molecular weight is 351 g/mol. The van der Waals surface area contributed by atoms with Crippen LogP contribution in [0.5, 0.6) is 0 Å². The van der Waals surface area contributed by atoms with Gasteiger partial charge >= 0.3 is 0 Å². The molecule has 128 valence electrons. The van der Waals surface area contributed by atoms with E-state index in [1.165, 1.54) is 10.3 Å². The highest BCUT2D eigenvalue weighted by Crippen LogP contribution is 2.29. The summed E-state index contributed by atoms with van der Waals surface area (Å²) in [6.45, 7) is 5.27. The second-order valence-electron chi connectivity index (χ2n) is 6.29. The molecule has 0 bridgehead atoms. The zero-order chi connectivity index (χ0) is 17.2. The quantitative estimate of drug-likeness (QED) is 0.720. The van der Waals surface area contributed by atoms with E-state index in [9.17, 15) is 4.79 Å². The van der Waals surface area contributed by atoms with Gasteiger partial charge < -0.3 is 9.80 Å². The molecular formula is C20H21N3OS. The molecule has 3 aromatic rings. The summed E-state index contributed by atoms with van der Waals surface area (Å²) < 4.78 is 1.21. The number of aromatic nitrogens is 1. The van der Waals surface area contributed by atoms with Gasteiger partial charge in [0.2, 0.25) is 0 Å². The Kier molecular flexibility index (Phi) is 4.40. The van der Waals surface area contributed by atoms with Gasteiger partial charge in [0.05, 0.1) is 10.2 Å². The van der Waals surface area contributed by atoms with Crippen molar-refractivity contribution >= 4 is 32.6 Å². The number of anilines is 1. The fourth-order valence-electron chi connectivity index (χ4n) is 3.16. The number of hydrogen-bond donors (Lipinski definition) is 0. The summed E-state index contributed by atoms with van der Waals surface area (Å²) in [7, 11) is 0. The van der Waals surface area contributed by atoms with E-state index in [2.05, 4.69) is 24.0 Å². The van der Waals surface area contributed by atoms with Gasteiger partial charge in [-0.05, 0) is 36.2 Å². The Morgan fingerprint density at radius 1 is 1.04 bits per heavy atom. The van der Waals surface area contributed by atoms with Gasteiger partial charge in [0.25, 0.3) is 5.91 Å². The van der Waals surface area contributed by atoms with Crippen molar-refractivity contribution < 1.29 is 4.79 Å². The number of para-hydroxylation sites is 1. The maximum Gasteiger partial charge on any atom is 0.253 e. The number of hydrogen-bond acceptors (Lipinski definition) is 4. The van der Waals surface area contributed by atoms with Crippen molar-refractivity contribution in [3.63, 3.8) is 0 Å². The maximum atomic E-state index is 12.7. The zero-order valence-electron chi connectivity index (χ0n) is 14.3. The number of aryl methyl sites for hydroxylation is 1. The lowest BCUT2D eigenvalue weighted by Gasteiger charge is -2.34. The Hall–Kier alpha value is -2.40. The minimum atomic E-state index is 0.131. The average Bonchev–Trinajstić information content (AvgIpc) is 3.12. The maximum absolute atomic E-state index is 12.7. The first kappa shape index (κ1) is 16.1. The SMILES string of the molecule is CCc1ccc(C(=O)N2CCN(c3nc4ccccc4s3)CC2)cc1. The van der Waals surface area contributed by atoms with Crippen LogP contribution in [-0.2, 0) is 6.42 Å². The molecule has 5 heteroatoms. The van der Waals surface area contributed by atoms with Gasteiger partial charge in [-0.3, -0.25) is 4.79 Å². The Morgan fingerprint density at radius 2 is 1.76 bits per heavy atom. The molecular weight excluding hydrogens is 330 g/mol. The van der Waals surface area contributed by atoms with Crippen LogP contribution >= 0.6 is 11.3 Å². The Labute approximate surface area is 151 Å². The number of rotatable bonds is 3. The molecule has 1 aromatic heterocycles. The predicted octanol–water partition coefficient (Wildman–Crippen LogP) is 3.82. The number of fused-ring (bicyclic) bond motifs is 1. The summed E-state index contributed by atoms with van der Waals surface area (Å²) in [5.41, 5.74) is 3.10. The third kappa shape index (κ3) is 3.24. The smallest absolute Gasteiger partial charge is 0.253 e. The van der Waals surface area contributed by atoms with Crippen molar-refractivity contribution in [2.45, 2.75) is 13.3 Å². The van der Waals surface area contributed by atoms with Gasteiger partial charge in [0, 0.05) is 31.7 Å². The molecule has 0 aliphatic carbocycles. The van der Waals surface area contributed by atoms with Crippen molar-refractivity contribution in [1.29, 1.82) is 0 Å². The lowest BCUT2D eigenvalue weighted by molar-refractivity contribution is 0.0747. The molecule has 1 aliphatic rings. The van der Waals surface area contributed by atoms with Crippen molar-refractivity contribution in [3.05, 3.63) is 59.7 Å². The van der Waals surface area contributed by atoms with Crippen LogP contribution in [0.15, 0.2) is 48.5 Å². The van der Waals surface area contributed by atoms with Crippen LogP contribution in [0.1, 0.15) is 22.8 Å². The number of nitrogens with zero attached hydrogens (tertiary/aromatic N) is 3. The van der Waals surface area contributed by atoms with Gasteiger partial charge in [0.1, 0.15) is 0 Å². The highest BCUT2D eigenvalue weighted by atomic mass is 32.1. The lowest BCUT2D eigenvalue weighted by Crippen LogP contribution is -2.48. The summed E-state index contributed by atoms with van der Waals surface area (Å²) in [6, 6.07) is 16.2. The van der Waals surface area contributed by atoms with Crippen molar-refractivity contribution in [2.24, 2.45) is 0 Å². The summed E-state index contributed by atoms with van der Waals surface area (Å²) in [5, 5.41) is 1.06. The number of carbonyl (C=O) groups excluding carboxylic acids is 1. The first-order valence-corrected chi connectivity index (χ1v) is 9.55. The second kappa shape index (κ2) is 6.84. The highest BCUT2D eigenvalue weighted by Gasteiger charge is 2.23. The van der Waals surface area contributed by atoms with Crippen molar-refractivity contribution in [2.75, 3.05) is 31.1 Å². The molecule has 0 N–H and O–H groups in total. The van der Waals surface area contributed by atoms with Gasteiger partial charge in [-0.25, -0.2) is 4.98 Å². The number of piperazine rings is 1. The molecule has 2 aromatic carbocycles. The normalized spacial score (nSPS) is 14.9. The fraction of sp³-hybridized carbons (Fsp3) is 0.300. The number of thiazole rings is 1. The molecule has 0 unspecified atom stereocenters. The molecule has 4 rings (SSSR count). The van der Waals surface area contributed by atoms with E-state index < -0.39 is 0 Å². The highest BCUT2D eigenvalue weighted by molar-refractivity contribution is 7.22. The number of carbonyl (C=O) groups is 1. The van der Waals surface area contributed by atoms with Crippen LogP contribution in [0, 0.1) is 0 Å². The van der Waals surface area contributed by atoms with Crippen molar-refractivity contribution in [1.82, 2.24) is 9.88 Å². The van der Waals surface area contributed by atoms with Crippen LogP contribution < -0.4 is 4.90 Å². The minimum Gasteiger partial charge on any atom is -0.345 e. The topological polar surface area (TPSA) is 36.4 Å². The second-order valence-corrected chi connectivity index (χ2v) is 7.30. The standard InChI is InChI=1S/C20H21N3OS/c1-2-15-7-9-16(10-8-15)19(24)22-11-13-23(14-12-22)20-21-17-5-3-4-6-18(17)25-20/h3-10H,2,11-14H2,1H3. The van der Waals surface area contributed by atoms with E-state index in [4.69, 9.17) is 4.98 Å². The summed E-state index contributed by atoms with van der Waals surface area (Å²) in [4.78, 5) is 21.6. The molecule has 25 heavy (non-hydrogen) atoms. The predicted molar refractivity (Wildman–Crippen MR) is 104 cm³/mol. The van der Waals surface area contributed by atoms with Crippen LogP contribution in [0.3, 0.4) is 0 Å². The number of amides is 1. The van der Waals surface area contributed by atoms with Crippen LogP contribution in [0.25, 0.3) is 10.2 Å². The largest absolute Gasteiger partial charge is 0.345 e. The van der Waals surface area contributed by atoms with Gasteiger partial charge in [-0.15, -0.1) is 0 Å².